The fourth-order valence-corrected chi connectivity index (χ4v) is 1.73. The molecule has 1 fully saturated rings. The Labute approximate surface area is 104 Å². The smallest absolute Gasteiger partial charge is 0.361 e. The Balaban J connectivity index is 2.50. The highest BCUT2D eigenvalue weighted by atomic mass is 32.2. The van der Waals surface area contributed by atoms with Crippen LogP contribution in [0.3, 0.4) is 0 Å². The van der Waals surface area contributed by atoms with Gasteiger partial charge in [0.15, 0.2) is 16.4 Å². The third kappa shape index (κ3) is 3.84. The number of hydroxylamine groups is 3. The van der Waals surface area contributed by atoms with Crippen LogP contribution in [0.25, 0.3) is 0 Å². The van der Waals surface area contributed by atoms with E-state index in [-0.39, 0.29) is 24.1 Å². The van der Waals surface area contributed by atoms with Crippen LogP contribution in [0.15, 0.2) is 12.0 Å². The summed E-state index contributed by atoms with van der Waals surface area (Å²) < 4.78 is 22.2. The molecule has 8 nitrogen and oxygen atoms in total. The second-order valence-electron chi connectivity index (χ2n) is 3.47. The molecule has 0 aliphatic carbocycles. The number of sulfone groups is 1. The molecule has 1 aliphatic heterocycles. The Morgan fingerprint density at radius 3 is 2.44 bits per heavy atom. The summed E-state index contributed by atoms with van der Waals surface area (Å²) in [5, 5.41) is 12.4. The molecule has 1 saturated heterocycles. The van der Waals surface area contributed by atoms with Crippen molar-refractivity contribution in [3.05, 3.63) is 17.2 Å². The van der Waals surface area contributed by atoms with Gasteiger partial charge in [-0.05, 0) is 0 Å². The molecule has 0 aromatic rings. The number of carbonyl (C=O) groups is 2. The first kappa shape index (κ1) is 14.2. The van der Waals surface area contributed by atoms with Crippen molar-refractivity contribution in [2.24, 2.45) is 0 Å². The molecule has 0 spiro atoms. The minimum absolute atomic E-state index is 0.0381. The normalized spacial score (nSPS) is 17.1. The average Bonchev–Trinajstić information content (AvgIpc) is 2.64. The fourth-order valence-electron chi connectivity index (χ4n) is 1.13. The average molecular weight is 276 g/mol. The molecular weight excluding hydrogens is 264 g/mol. The van der Waals surface area contributed by atoms with Crippen LogP contribution < -0.4 is 0 Å². The van der Waals surface area contributed by atoms with Crippen LogP contribution in [0.1, 0.15) is 12.8 Å². The Hall–Kier alpha value is -1.90. The SMILES string of the molecule is C=CS(=O)(=O)CC/[N+]([O-])=C/ON1C(=O)CCC1=O. The molecule has 0 saturated carbocycles. The van der Waals surface area contributed by atoms with E-state index < -0.39 is 27.4 Å². The standard InChI is InChI=1S/C9H12N2O6S/c1-2-18(15,16)6-5-10(14)7-17-11-8(12)3-4-9(11)13/h2,7H,1,3-6H2/b10-7-. The highest BCUT2D eigenvalue weighted by molar-refractivity contribution is 7.94. The van der Waals surface area contributed by atoms with Gasteiger partial charge in [0, 0.05) is 18.2 Å². The second-order valence-corrected chi connectivity index (χ2v) is 5.53. The van der Waals surface area contributed by atoms with Crippen molar-refractivity contribution in [1.82, 2.24) is 5.06 Å². The summed E-state index contributed by atoms with van der Waals surface area (Å²) in [5.41, 5.74) is 0. The van der Waals surface area contributed by atoms with Gasteiger partial charge in [0.25, 0.3) is 11.8 Å². The fraction of sp³-hybridized carbons (Fsp3) is 0.444. The lowest BCUT2D eigenvalue weighted by atomic mass is 10.4. The van der Waals surface area contributed by atoms with Crippen LogP contribution in [0.4, 0.5) is 0 Å². The first-order valence-corrected chi connectivity index (χ1v) is 6.72. The Morgan fingerprint density at radius 2 is 1.94 bits per heavy atom. The zero-order valence-corrected chi connectivity index (χ0v) is 10.3. The number of rotatable bonds is 6. The number of hydrogen-bond acceptors (Lipinski definition) is 6. The van der Waals surface area contributed by atoms with Gasteiger partial charge in [-0.2, -0.15) is 4.74 Å². The van der Waals surface area contributed by atoms with E-state index in [9.17, 15) is 23.2 Å². The maximum atomic E-state index is 11.2. The summed E-state index contributed by atoms with van der Waals surface area (Å²) in [5.74, 6) is -1.51. The van der Waals surface area contributed by atoms with Gasteiger partial charge >= 0.3 is 6.40 Å². The first-order chi connectivity index (χ1) is 8.35. The first-order valence-electron chi connectivity index (χ1n) is 5.00. The number of imide groups is 1. The molecule has 1 aliphatic rings. The van der Waals surface area contributed by atoms with Gasteiger partial charge in [-0.25, -0.2) is 8.42 Å². The molecule has 2 amide bonds. The molecule has 9 heteroatoms. The Morgan fingerprint density at radius 1 is 1.39 bits per heavy atom. The molecular formula is C9H12N2O6S. The van der Waals surface area contributed by atoms with E-state index in [1.165, 1.54) is 0 Å². The van der Waals surface area contributed by atoms with Gasteiger partial charge in [-0.3, -0.25) is 9.59 Å². The van der Waals surface area contributed by atoms with Crippen molar-refractivity contribution in [3.63, 3.8) is 0 Å². The lowest BCUT2D eigenvalue weighted by molar-refractivity contribution is -0.459. The summed E-state index contributed by atoms with van der Waals surface area (Å²) in [4.78, 5) is 26.8. The highest BCUT2D eigenvalue weighted by Gasteiger charge is 2.31. The molecule has 1 heterocycles. The second kappa shape index (κ2) is 5.63. The molecule has 0 atom stereocenters. The van der Waals surface area contributed by atoms with Crippen molar-refractivity contribution in [3.8, 4) is 0 Å². The lowest BCUT2D eigenvalue weighted by Gasteiger charge is -2.09. The van der Waals surface area contributed by atoms with Gasteiger partial charge < -0.3 is 10.0 Å². The van der Waals surface area contributed by atoms with Gasteiger partial charge in [0.1, 0.15) is 5.75 Å². The topological polar surface area (TPSA) is 107 Å². The van der Waals surface area contributed by atoms with Crippen LogP contribution >= 0.6 is 0 Å². The number of amides is 2. The molecule has 0 bridgehead atoms. The third-order valence-electron chi connectivity index (χ3n) is 2.13. The van der Waals surface area contributed by atoms with Crippen molar-refractivity contribution >= 4 is 28.1 Å². The molecule has 100 valence electrons. The van der Waals surface area contributed by atoms with Crippen LogP contribution in [-0.4, -0.2) is 48.7 Å². The molecule has 0 unspecified atom stereocenters. The maximum absolute atomic E-state index is 11.2. The van der Waals surface area contributed by atoms with Gasteiger partial charge in [-0.15, -0.1) is 5.06 Å². The summed E-state index contributed by atoms with van der Waals surface area (Å²) in [6.45, 7) is 2.71. The highest BCUT2D eigenvalue weighted by Crippen LogP contribution is 2.10. The van der Waals surface area contributed by atoms with Crippen LogP contribution in [-0.2, 0) is 24.3 Å². The summed E-state index contributed by atoms with van der Waals surface area (Å²) in [7, 11) is -3.47. The van der Waals surface area contributed by atoms with E-state index >= 15 is 0 Å². The predicted molar refractivity (Wildman–Crippen MR) is 60.7 cm³/mol. The van der Waals surface area contributed by atoms with Gasteiger partial charge in [-0.1, -0.05) is 6.58 Å². The predicted octanol–water partition coefficient (Wildman–Crippen LogP) is -0.836. The molecule has 1 rings (SSSR count). The van der Waals surface area contributed by atoms with E-state index in [0.29, 0.717) is 11.5 Å². The Kier molecular flexibility index (Phi) is 4.43. The van der Waals surface area contributed by atoms with Gasteiger partial charge in [0.05, 0.1) is 0 Å². The molecule has 0 radical (unpaired) electrons. The number of nitrogens with zero attached hydrogens (tertiary/aromatic N) is 2. The van der Waals surface area contributed by atoms with E-state index in [1.54, 1.807) is 0 Å². The zero-order valence-electron chi connectivity index (χ0n) is 9.44. The quantitative estimate of drug-likeness (QED) is 0.156. The van der Waals surface area contributed by atoms with E-state index in [1.807, 2.05) is 0 Å². The molecule has 0 N–H and O–H groups in total. The minimum atomic E-state index is -3.47. The molecule has 18 heavy (non-hydrogen) atoms. The van der Waals surface area contributed by atoms with Crippen LogP contribution in [0.2, 0.25) is 0 Å². The summed E-state index contributed by atoms with van der Waals surface area (Å²) >= 11 is 0. The minimum Gasteiger partial charge on any atom is -0.622 e. The van der Waals surface area contributed by atoms with E-state index in [4.69, 9.17) is 0 Å². The third-order valence-corrected chi connectivity index (χ3v) is 3.39. The van der Waals surface area contributed by atoms with E-state index in [2.05, 4.69) is 11.4 Å². The van der Waals surface area contributed by atoms with Crippen molar-refractivity contribution < 1.29 is 27.6 Å². The monoisotopic (exact) mass is 276 g/mol. The number of carbonyl (C=O) groups excluding carboxylic acids is 2. The zero-order chi connectivity index (χ0) is 13.8. The largest absolute Gasteiger partial charge is 0.622 e. The molecule has 0 aromatic carbocycles. The van der Waals surface area contributed by atoms with Gasteiger partial charge in [0.2, 0.25) is 0 Å². The van der Waals surface area contributed by atoms with Crippen molar-refractivity contribution in [2.45, 2.75) is 12.8 Å². The van der Waals surface area contributed by atoms with E-state index in [0.717, 1.165) is 5.41 Å². The Bertz CT molecular complexity index is 479. The molecule has 0 aromatic heterocycles. The van der Waals surface area contributed by atoms with Crippen molar-refractivity contribution in [2.75, 3.05) is 12.3 Å². The summed E-state index contributed by atoms with van der Waals surface area (Å²) in [6.07, 6.45) is 0.659. The number of hydrogen-bond donors (Lipinski definition) is 0. The van der Waals surface area contributed by atoms with Crippen LogP contribution in [0.5, 0.6) is 0 Å². The lowest BCUT2D eigenvalue weighted by Crippen LogP contribution is -2.30. The maximum Gasteiger partial charge on any atom is 0.361 e. The van der Waals surface area contributed by atoms with Crippen LogP contribution in [0, 0.1) is 5.21 Å². The summed E-state index contributed by atoms with van der Waals surface area (Å²) in [6, 6.07) is 0. The van der Waals surface area contributed by atoms with Crippen molar-refractivity contribution in [1.29, 1.82) is 0 Å².